The minimum atomic E-state index is -0.877. The zero-order valence-electron chi connectivity index (χ0n) is 20.0. The number of rotatable bonds is 11. The second-order valence-electron chi connectivity index (χ2n) is 9.20. The molecule has 0 aliphatic heterocycles. The van der Waals surface area contributed by atoms with Gasteiger partial charge in [0.2, 0.25) is 5.91 Å². The third-order valence-corrected chi connectivity index (χ3v) is 6.49. The molecule has 0 saturated carbocycles. The van der Waals surface area contributed by atoms with Gasteiger partial charge in [-0.15, -0.1) is 0 Å². The number of carbonyl (C=O) groups is 3. The topological polar surface area (TPSA) is 105 Å². The minimum Gasteiger partial charge on any atom is -0.481 e. The maximum absolute atomic E-state index is 12.6. The van der Waals surface area contributed by atoms with Crippen molar-refractivity contribution >= 4 is 18.0 Å². The van der Waals surface area contributed by atoms with Crippen LogP contribution in [0, 0.1) is 11.8 Å². The van der Waals surface area contributed by atoms with E-state index in [4.69, 9.17) is 9.84 Å². The van der Waals surface area contributed by atoms with E-state index in [1.54, 1.807) is 0 Å². The zero-order valence-corrected chi connectivity index (χ0v) is 20.0. The monoisotopic (exact) mass is 466 g/mol. The second kappa shape index (κ2) is 11.7. The molecule has 0 radical (unpaired) electrons. The lowest BCUT2D eigenvalue weighted by Crippen LogP contribution is -2.43. The molecule has 7 nitrogen and oxygen atoms in total. The highest BCUT2D eigenvalue weighted by atomic mass is 16.5. The van der Waals surface area contributed by atoms with Gasteiger partial charge in [0.25, 0.3) is 0 Å². The molecule has 2 amide bonds. The fraction of sp³-hybridized carbons (Fsp3) is 0.444. The van der Waals surface area contributed by atoms with E-state index in [0.717, 1.165) is 22.3 Å². The average Bonchev–Trinajstić information content (AvgIpc) is 3.13. The summed E-state index contributed by atoms with van der Waals surface area (Å²) in [5.74, 6) is -1.22. The van der Waals surface area contributed by atoms with Crippen LogP contribution in [0.4, 0.5) is 4.79 Å². The minimum absolute atomic E-state index is 0.0163. The van der Waals surface area contributed by atoms with Crippen molar-refractivity contribution in [2.24, 2.45) is 11.8 Å². The Morgan fingerprint density at radius 1 is 0.971 bits per heavy atom. The molecule has 3 rings (SSSR count). The Morgan fingerprint density at radius 3 is 2.09 bits per heavy atom. The molecule has 1 aliphatic rings. The van der Waals surface area contributed by atoms with Crippen LogP contribution in [-0.4, -0.2) is 42.3 Å². The molecule has 2 atom stereocenters. The Bertz CT molecular complexity index is 974. The first-order valence-corrected chi connectivity index (χ1v) is 11.9. The van der Waals surface area contributed by atoms with E-state index in [2.05, 4.69) is 34.9 Å². The number of carboxylic acids is 1. The van der Waals surface area contributed by atoms with E-state index in [0.29, 0.717) is 13.0 Å². The fourth-order valence-corrected chi connectivity index (χ4v) is 4.38. The Morgan fingerprint density at radius 2 is 1.56 bits per heavy atom. The van der Waals surface area contributed by atoms with Crippen LogP contribution in [0.5, 0.6) is 0 Å². The lowest BCUT2D eigenvalue weighted by molar-refractivity contribution is -0.138. The molecule has 0 heterocycles. The van der Waals surface area contributed by atoms with Gasteiger partial charge in [0.1, 0.15) is 6.61 Å². The van der Waals surface area contributed by atoms with Crippen molar-refractivity contribution in [3.63, 3.8) is 0 Å². The predicted molar refractivity (Wildman–Crippen MR) is 130 cm³/mol. The maximum atomic E-state index is 12.6. The number of carbonyl (C=O) groups excluding carboxylic acids is 2. The first kappa shape index (κ1) is 25.3. The van der Waals surface area contributed by atoms with Crippen LogP contribution in [0.2, 0.25) is 0 Å². The first-order chi connectivity index (χ1) is 16.3. The molecule has 0 bridgehead atoms. The molecule has 1 aliphatic carbocycles. The van der Waals surface area contributed by atoms with E-state index in [1.165, 1.54) is 0 Å². The molecule has 7 heteroatoms. The van der Waals surface area contributed by atoms with Crippen LogP contribution in [0.25, 0.3) is 11.1 Å². The van der Waals surface area contributed by atoms with E-state index < -0.39 is 18.1 Å². The smallest absolute Gasteiger partial charge is 0.407 e. The molecule has 0 spiro atoms. The number of nitrogens with one attached hydrogen (secondary N) is 2. The van der Waals surface area contributed by atoms with Gasteiger partial charge in [0.15, 0.2) is 0 Å². The summed E-state index contributed by atoms with van der Waals surface area (Å²) in [6.45, 7) is 6.28. The third-order valence-electron chi connectivity index (χ3n) is 6.49. The normalized spacial score (nSPS) is 14.1. The summed E-state index contributed by atoms with van der Waals surface area (Å²) in [5.41, 5.74) is 4.61. The molecule has 2 aromatic carbocycles. The quantitative estimate of drug-likeness (QED) is 0.450. The van der Waals surface area contributed by atoms with E-state index in [-0.39, 0.29) is 43.1 Å². The van der Waals surface area contributed by atoms with Crippen molar-refractivity contribution in [3.05, 3.63) is 59.7 Å². The largest absolute Gasteiger partial charge is 0.481 e. The number of benzene rings is 2. The molecule has 0 saturated heterocycles. The van der Waals surface area contributed by atoms with Crippen LogP contribution in [-0.2, 0) is 14.3 Å². The number of ether oxygens (including phenoxy) is 1. The van der Waals surface area contributed by atoms with Crippen LogP contribution in [0.15, 0.2) is 48.5 Å². The van der Waals surface area contributed by atoms with Crippen LogP contribution >= 0.6 is 0 Å². The van der Waals surface area contributed by atoms with Crippen LogP contribution in [0.1, 0.15) is 57.1 Å². The Labute approximate surface area is 200 Å². The van der Waals surface area contributed by atoms with Gasteiger partial charge >= 0.3 is 12.1 Å². The van der Waals surface area contributed by atoms with Gasteiger partial charge in [0, 0.05) is 31.3 Å². The Kier molecular flexibility index (Phi) is 8.68. The lowest BCUT2D eigenvalue weighted by atomic mass is 9.98. The van der Waals surface area contributed by atoms with Gasteiger partial charge < -0.3 is 20.5 Å². The van der Waals surface area contributed by atoms with E-state index in [1.807, 2.05) is 45.0 Å². The first-order valence-electron chi connectivity index (χ1n) is 11.9. The molecule has 3 N–H and O–H groups in total. The second-order valence-corrected chi connectivity index (χ2v) is 9.20. The molecule has 0 fully saturated rings. The molecule has 2 aromatic rings. The molecule has 182 valence electrons. The standard InChI is InChI=1S/C27H34N2O5/c1-4-18(13-26(31)32)15-28-25(30)14-24(17(2)3)29-27(33)34-16-23-21-11-7-5-9-19(21)20-10-6-8-12-22(20)23/h5-12,17-18,23-24H,4,13-16H2,1-3H3,(H,28,30)(H,29,33)(H,31,32)/t18?,24-/m0/s1. The lowest BCUT2D eigenvalue weighted by Gasteiger charge is -2.23. The van der Waals surface area contributed by atoms with Gasteiger partial charge in [-0.2, -0.15) is 0 Å². The van der Waals surface area contributed by atoms with Gasteiger partial charge in [-0.25, -0.2) is 4.79 Å². The van der Waals surface area contributed by atoms with Gasteiger partial charge in [-0.3, -0.25) is 9.59 Å². The molecule has 0 aromatic heterocycles. The van der Waals surface area contributed by atoms with Crippen molar-refractivity contribution < 1.29 is 24.2 Å². The maximum Gasteiger partial charge on any atom is 0.407 e. The summed E-state index contributed by atoms with van der Waals surface area (Å²) in [7, 11) is 0. The fourth-order valence-electron chi connectivity index (χ4n) is 4.38. The number of alkyl carbamates (subject to hydrolysis) is 1. The highest BCUT2D eigenvalue weighted by Gasteiger charge is 2.29. The Hall–Kier alpha value is -3.35. The van der Waals surface area contributed by atoms with Crippen LogP contribution in [0.3, 0.4) is 0 Å². The number of aliphatic carboxylic acids is 1. The molecule has 34 heavy (non-hydrogen) atoms. The zero-order chi connectivity index (χ0) is 24.7. The van der Waals surface area contributed by atoms with E-state index >= 15 is 0 Å². The van der Waals surface area contributed by atoms with Crippen molar-refractivity contribution in [3.8, 4) is 11.1 Å². The third kappa shape index (κ3) is 6.37. The van der Waals surface area contributed by atoms with Gasteiger partial charge in [-0.1, -0.05) is 75.7 Å². The summed E-state index contributed by atoms with van der Waals surface area (Å²) >= 11 is 0. The molecular formula is C27H34N2O5. The highest BCUT2D eigenvalue weighted by Crippen LogP contribution is 2.44. The number of hydrogen-bond acceptors (Lipinski definition) is 4. The SMILES string of the molecule is CCC(CNC(=O)C[C@H](NC(=O)OCC1c2ccccc2-c2ccccc21)C(C)C)CC(=O)O. The van der Waals surface area contributed by atoms with E-state index in [9.17, 15) is 14.4 Å². The van der Waals surface area contributed by atoms with Crippen molar-refractivity contribution in [2.75, 3.05) is 13.2 Å². The van der Waals surface area contributed by atoms with Gasteiger partial charge in [0.05, 0.1) is 0 Å². The molecular weight excluding hydrogens is 432 g/mol. The Balaban J connectivity index is 1.54. The summed E-state index contributed by atoms with van der Waals surface area (Å²) in [6.07, 6.45) is 0.233. The number of amides is 2. The summed E-state index contributed by atoms with van der Waals surface area (Å²) in [5, 5.41) is 14.6. The summed E-state index contributed by atoms with van der Waals surface area (Å²) in [4.78, 5) is 36.0. The summed E-state index contributed by atoms with van der Waals surface area (Å²) in [6, 6.07) is 15.9. The van der Waals surface area contributed by atoms with Crippen LogP contribution < -0.4 is 10.6 Å². The summed E-state index contributed by atoms with van der Waals surface area (Å²) < 4.78 is 5.61. The molecule has 1 unspecified atom stereocenters. The highest BCUT2D eigenvalue weighted by molar-refractivity contribution is 5.79. The van der Waals surface area contributed by atoms with Crippen molar-refractivity contribution in [1.82, 2.24) is 10.6 Å². The number of hydrogen-bond donors (Lipinski definition) is 3. The van der Waals surface area contributed by atoms with Gasteiger partial charge in [-0.05, 0) is 34.1 Å². The number of fused-ring (bicyclic) bond motifs is 3. The predicted octanol–water partition coefficient (Wildman–Crippen LogP) is 4.56. The number of carboxylic acid groups (broad SMARTS) is 1. The van der Waals surface area contributed by atoms with Crippen molar-refractivity contribution in [1.29, 1.82) is 0 Å². The average molecular weight is 467 g/mol. The van der Waals surface area contributed by atoms with Crippen molar-refractivity contribution in [2.45, 2.75) is 52.0 Å².